The van der Waals surface area contributed by atoms with Gasteiger partial charge in [-0.1, -0.05) is 18.2 Å². The molecule has 1 N–H and O–H groups in total. The second kappa shape index (κ2) is 4.71. The van der Waals surface area contributed by atoms with E-state index in [9.17, 15) is 0 Å². The predicted octanol–water partition coefficient (Wildman–Crippen LogP) is 2.06. The highest BCUT2D eigenvalue weighted by molar-refractivity contribution is 7.99. The van der Waals surface area contributed by atoms with Crippen LogP contribution in [0.25, 0.3) is 0 Å². The topological polar surface area (TPSA) is 29.5 Å². The minimum Gasteiger partial charge on any atom is -0.489 e. The third-order valence-corrected chi connectivity index (χ3v) is 3.46. The molecular weight excluding hydrogens is 196 g/mol. The first kappa shape index (κ1) is 9.87. The van der Waals surface area contributed by atoms with Gasteiger partial charge in [0, 0.05) is 11.3 Å². The lowest BCUT2D eigenvalue weighted by Crippen LogP contribution is -2.15. The SMILES string of the molecule is OCc1ccccc1OC1CCSC1. The molecule has 0 spiro atoms. The van der Waals surface area contributed by atoms with E-state index in [0.29, 0.717) is 6.10 Å². The summed E-state index contributed by atoms with van der Waals surface area (Å²) in [6, 6.07) is 7.68. The molecule has 14 heavy (non-hydrogen) atoms. The van der Waals surface area contributed by atoms with Gasteiger partial charge < -0.3 is 9.84 Å². The van der Waals surface area contributed by atoms with Crippen LogP contribution in [-0.4, -0.2) is 22.7 Å². The van der Waals surface area contributed by atoms with Crippen LogP contribution >= 0.6 is 11.8 Å². The molecular formula is C11H14O2S. The molecule has 0 aromatic heterocycles. The van der Waals surface area contributed by atoms with Crippen molar-refractivity contribution in [2.24, 2.45) is 0 Å². The summed E-state index contributed by atoms with van der Waals surface area (Å²) >= 11 is 1.93. The van der Waals surface area contributed by atoms with Gasteiger partial charge in [-0.25, -0.2) is 0 Å². The molecule has 1 atom stereocenters. The Morgan fingerprint density at radius 3 is 3.00 bits per heavy atom. The van der Waals surface area contributed by atoms with Crippen LogP contribution in [0.5, 0.6) is 5.75 Å². The predicted molar refractivity (Wildman–Crippen MR) is 58.7 cm³/mol. The molecule has 0 amide bonds. The standard InChI is InChI=1S/C11H14O2S/c12-7-9-3-1-2-4-11(9)13-10-5-6-14-8-10/h1-4,10,12H,5-8H2. The Kier molecular flexibility index (Phi) is 3.32. The van der Waals surface area contributed by atoms with Crippen molar-refractivity contribution in [2.75, 3.05) is 11.5 Å². The smallest absolute Gasteiger partial charge is 0.125 e. The molecule has 0 saturated carbocycles. The van der Waals surface area contributed by atoms with E-state index in [1.807, 2.05) is 36.0 Å². The number of aliphatic hydroxyl groups is 1. The number of hydrogen-bond acceptors (Lipinski definition) is 3. The van der Waals surface area contributed by atoms with Gasteiger partial charge in [-0.05, 0) is 18.2 Å². The first-order valence-electron chi connectivity index (χ1n) is 4.83. The zero-order valence-electron chi connectivity index (χ0n) is 7.98. The number of rotatable bonds is 3. The molecule has 0 bridgehead atoms. The van der Waals surface area contributed by atoms with Crippen molar-refractivity contribution in [3.63, 3.8) is 0 Å². The maximum Gasteiger partial charge on any atom is 0.125 e. The third-order valence-electron chi connectivity index (χ3n) is 2.32. The van der Waals surface area contributed by atoms with Crippen LogP contribution in [0.3, 0.4) is 0 Å². The quantitative estimate of drug-likeness (QED) is 0.828. The number of hydrogen-bond donors (Lipinski definition) is 1. The number of para-hydroxylation sites is 1. The molecule has 2 nitrogen and oxygen atoms in total. The summed E-state index contributed by atoms with van der Waals surface area (Å²) in [5.74, 6) is 3.09. The second-order valence-electron chi connectivity index (χ2n) is 3.37. The molecule has 1 unspecified atom stereocenters. The molecule has 1 fully saturated rings. The van der Waals surface area contributed by atoms with Crippen LogP contribution in [0.2, 0.25) is 0 Å². The number of ether oxygens (including phenoxy) is 1. The fourth-order valence-corrected chi connectivity index (χ4v) is 2.63. The van der Waals surface area contributed by atoms with E-state index in [2.05, 4.69) is 0 Å². The molecule has 1 aliphatic heterocycles. The van der Waals surface area contributed by atoms with Crippen molar-refractivity contribution >= 4 is 11.8 Å². The first-order valence-corrected chi connectivity index (χ1v) is 5.99. The average Bonchev–Trinajstić information content (AvgIpc) is 2.71. The summed E-state index contributed by atoms with van der Waals surface area (Å²) in [5, 5.41) is 9.11. The Morgan fingerprint density at radius 1 is 1.43 bits per heavy atom. The molecule has 3 heteroatoms. The minimum absolute atomic E-state index is 0.0516. The van der Waals surface area contributed by atoms with Crippen molar-refractivity contribution < 1.29 is 9.84 Å². The zero-order valence-corrected chi connectivity index (χ0v) is 8.80. The zero-order chi connectivity index (χ0) is 9.80. The maximum atomic E-state index is 9.11. The first-order chi connectivity index (χ1) is 6.90. The van der Waals surface area contributed by atoms with Crippen LogP contribution < -0.4 is 4.74 Å². The Bertz CT molecular complexity index is 295. The Hall–Kier alpha value is -0.670. The lowest BCUT2D eigenvalue weighted by Gasteiger charge is -2.14. The lowest BCUT2D eigenvalue weighted by molar-refractivity contribution is 0.215. The second-order valence-corrected chi connectivity index (χ2v) is 4.52. The van der Waals surface area contributed by atoms with Crippen LogP contribution in [0, 0.1) is 0 Å². The Balaban J connectivity index is 2.07. The summed E-state index contributed by atoms with van der Waals surface area (Å²) in [4.78, 5) is 0. The van der Waals surface area contributed by atoms with Gasteiger partial charge in [0.15, 0.2) is 0 Å². The highest BCUT2D eigenvalue weighted by Gasteiger charge is 2.17. The fourth-order valence-electron chi connectivity index (χ4n) is 1.53. The Morgan fingerprint density at radius 2 is 2.29 bits per heavy atom. The van der Waals surface area contributed by atoms with E-state index in [0.717, 1.165) is 23.5 Å². The molecule has 76 valence electrons. The van der Waals surface area contributed by atoms with Gasteiger partial charge in [0.2, 0.25) is 0 Å². The van der Waals surface area contributed by atoms with Crippen LogP contribution in [0.1, 0.15) is 12.0 Å². The van der Waals surface area contributed by atoms with E-state index < -0.39 is 0 Å². The monoisotopic (exact) mass is 210 g/mol. The largest absolute Gasteiger partial charge is 0.489 e. The lowest BCUT2D eigenvalue weighted by atomic mass is 10.2. The third kappa shape index (κ3) is 2.22. The molecule has 1 aromatic carbocycles. The molecule has 0 aliphatic carbocycles. The van der Waals surface area contributed by atoms with Crippen molar-refractivity contribution in [1.29, 1.82) is 0 Å². The van der Waals surface area contributed by atoms with Crippen LogP contribution in [0.4, 0.5) is 0 Å². The van der Waals surface area contributed by atoms with Crippen molar-refractivity contribution in [1.82, 2.24) is 0 Å². The Labute approximate surface area is 88.3 Å². The van der Waals surface area contributed by atoms with Gasteiger partial charge in [0.25, 0.3) is 0 Å². The summed E-state index contributed by atoms with van der Waals surface area (Å²) < 4.78 is 5.82. The van der Waals surface area contributed by atoms with Crippen LogP contribution in [0.15, 0.2) is 24.3 Å². The molecule has 2 rings (SSSR count). The van der Waals surface area contributed by atoms with Gasteiger partial charge in [-0.15, -0.1) is 0 Å². The van der Waals surface area contributed by atoms with E-state index >= 15 is 0 Å². The normalized spacial score (nSPS) is 21.1. The maximum absolute atomic E-state index is 9.11. The van der Waals surface area contributed by atoms with Gasteiger partial charge in [0.05, 0.1) is 6.61 Å². The van der Waals surface area contributed by atoms with Crippen molar-refractivity contribution in [3.8, 4) is 5.75 Å². The van der Waals surface area contributed by atoms with Crippen molar-refractivity contribution in [2.45, 2.75) is 19.1 Å². The van der Waals surface area contributed by atoms with Gasteiger partial charge in [0.1, 0.15) is 11.9 Å². The number of thioether (sulfide) groups is 1. The van der Waals surface area contributed by atoms with Gasteiger partial charge in [-0.3, -0.25) is 0 Å². The van der Waals surface area contributed by atoms with Crippen LogP contribution in [-0.2, 0) is 6.61 Å². The van der Waals surface area contributed by atoms with E-state index in [1.165, 1.54) is 5.75 Å². The van der Waals surface area contributed by atoms with Crippen molar-refractivity contribution in [3.05, 3.63) is 29.8 Å². The average molecular weight is 210 g/mol. The molecule has 1 aromatic rings. The highest BCUT2D eigenvalue weighted by atomic mass is 32.2. The number of aliphatic hydroxyl groups excluding tert-OH is 1. The summed E-state index contributed by atoms with van der Waals surface area (Å²) in [5.41, 5.74) is 0.879. The summed E-state index contributed by atoms with van der Waals surface area (Å²) in [6.07, 6.45) is 1.44. The van der Waals surface area contributed by atoms with E-state index in [-0.39, 0.29) is 6.61 Å². The van der Waals surface area contributed by atoms with Gasteiger partial charge >= 0.3 is 0 Å². The molecule has 1 saturated heterocycles. The number of benzene rings is 1. The fraction of sp³-hybridized carbons (Fsp3) is 0.455. The molecule has 0 radical (unpaired) electrons. The highest BCUT2D eigenvalue weighted by Crippen LogP contribution is 2.25. The molecule has 1 aliphatic rings. The van der Waals surface area contributed by atoms with E-state index in [4.69, 9.17) is 9.84 Å². The van der Waals surface area contributed by atoms with Gasteiger partial charge in [-0.2, -0.15) is 11.8 Å². The minimum atomic E-state index is 0.0516. The summed E-state index contributed by atoms with van der Waals surface area (Å²) in [6.45, 7) is 0.0516. The summed E-state index contributed by atoms with van der Waals surface area (Å²) in [7, 11) is 0. The van der Waals surface area contributed by atoms with E-state index in [1.54, 1.807) is 0 Å². The molecule has 1 heterocycles.